The number of hydrogen-bond acceptors (Lipinski definition) is 3. The van der Waals surface area contributed by atoms with E-state index < -0.39 is 5.97 Å². The number of hydrogen-bond donors (Lipinski definition) is 2. The van der Waals surface area contributed by atoms with E-state index in [0.717, 1.165) is 29.5 Å². The summed E-state index contributed by atoms with van der Waals surface area (Å²) in [5.74, 6) is 3.51. The standard InChI is InChI=1S/C14H16N2O2/c17-14(18)9-3-4-10(15-6-9)16-13-11-7-1-2-8(5-7)12(11)13/h3-4,6-8,11-13H,1-2,5H2,(H,15,16)(H,17,18). The van der Waals surface area contributed by atoms with E-state index >= 15 is 0 Å². The molecular weight excluding hydrogens is 228 g/mol. The summed E-state index contributed by atoms with van der Waals surface area (Å²) >= 11 is 0. The normalized spacial score (nSPS) is 39.4. The maximum atomic E-state index is 10.7. The highest BCUT2D eigenvalue weighted by Gasteiger charge is 2.65. The fourth-order valence-corrected chi connectivity index (χ4v) is 4.29. The summed E-state index contributed by atoms with van der Waals surface area (Å²) in [6.07, 6.45) is 5.70. The fraction of sp³-hybridized carbons (Fsp3) is 0.571. The third kappa shape index (κ3) is 1.38. The molecule has 2 bridgehead atoms. The van der Waals surface area contributed by atoms with Gasteiger partial charge in [0.25, 0.3) is 0 Å². The van der Waals surface area contributed by atoms with Gasteiger partial charge in [-0.2, -0.15) is 0 Å². The smallest absolute Gasteiger partial charge is 0.337 e. The topological polar surface area (TPSA) is 62.2 Å². The number of carbonyl (C=O) groups is 1. The SMILES string of the molecule is O=C(O)c1ccc(NC2C3C4CCC(C4)C23)nc1. The average Bonchev–Trinajstić information content (AvgIpc) is 2.78. The molecule has 0 aromatic carbocycles. The van der Waals surface area contributed by atoms with Crippen LogP contribution in [0.3, 0.4) is 0 Å². The number of anilines is 1. The van der Waals surface area contributed by atoms with Crippen molar-refractivity contribution in [3.8, 4) is 0 Å². The Balaban J connectivity index is 1.46. The monoisotopic (exact) mass is 244 g/mol. The number of carboxylic acids is 1. The van der Waals surface area contributed by atoms with Crippen LogP contribution in [0, 0.1) is 23.7 Å². The number of pyridine rings is 1. The molecule has 3 saturated carbocycles. The van der Waals surface area contributed by atoms with Crippen LogP contribution < -0.4 is 5.32 Å². The zero-order chi connectivity index (χ0) is 12.3. The summed E-state index contributed by atoms with van der Waals surface area (Å²) in [7, 11) is 0. The molecule has 3 fully saturated rings. The minimum Gasteiger partial charge on any atom is -0.478 e. The molecule has 1 heterocycles. The van der Waals surface area contributed by atoms with Crippen molar-refractivity contribution in [1.82, 2.24) is 4.98 Å². The highest BCUT2D eigenvalue weighted by molar-refractivity contribution is 5.87. The Morgan fingerprint density at radius 1 is 1.28 bits per heavy atom. The van der Waals surface area contributed by atoms with E-state index in [1.807, 2.05) is 0 Å². The lowest BCUT2D eigenvalue weighted by molar-refractivity contribution is 0.0696. The lowest BCUT2D eigenvalue weighted by Crippen LogP contribution is -2.13. The first-order valence-electron chi connectivity index (χ1n) is 6.70. The Kier molecular flexibility index (Phi) is 1.99. The van der Waals surface area contributed by atoms with Crippen molar-refractivity contribution in [2.75, 3.05) is 5.32 Å². The summed E-state index contributed by atoms with van der Waals surface area (Å²) in [5.41, 5.74) is 0.247. The summed E-state index contributed by atoms with van der Waals surface area (Å²) in [5, 5.41) is 12.3. The van der Waals surface area contributed by atoms with Crippen LogP contribution in [0.4, 0.5) is 5.82 Å². The minimum atomic E-state index is -0.921. The maximum absolute atomic E-state index is 10.7. The minimum absolute atomic E-state index is 0.247. The van der Waals surface area contributed by atoms with Crippen molar-refractivity contribution < 1.29 is 9.90 Å². The molecule has 4 rings (SSSR count). The maximum Gasteiger partial charge on any atom is 0.337 e. The van der Waals surface area contributed by atoms with Crippen molar-refractivity contribution in [2.24, 2.45) is 23.7 Å². The molecule has 3 aliphatic carbocycles. The van der Waals surface area contributed by atoms with Crippen molar-refractivity contribution >= 4 is 11.8 Å². The molecule has 4 nitrogen and oxygen atoms in total. The van der Waals surface area contributed by atoms with E-state index in [1.54, 1.807) is 12.1 Å². The van der Waals surface area contributed by atoms with Crippen LogP contribution >= 0.6 is 0 Å². The lowest BCUT2D eigenvalue weighted by Gasteiger charge is -2.11. The van der Waals surface area contributed by atoms with Gasteiger partial charge < -0.3 is 10.4 Å². The van der Waals surface area contributed by atoms with Gasteiger partial charge in [-0.25, -0.2) is 9.78 Å². The molecule has 4 heteroatoms. The van der Waals surface area contributed by atoms with Crippen molar-refractivity contribution in [1.29, 1.82) is 0 Å². The average molecular weight is 244 g/mol. The Morgan fingerprint density at radius 2 is 2.00 bits per heavy atom. The van der Waals surface area contributed by atoms with Crippen LogP contribution in [0.15, 0.2) is 18.3 Å². The molecule has 0 spiro atoms. The number of carboxylic acid groups (broad SMARTS) is 1. The molecular formula is C14H16N2O2. The van der Waals surface area contributed by atoms with Crippen LogP contribution in [0.1, 0.15) is 29.6 Å². The Morgan fingerprint density at radius 3 is 2.56 bits per heavy atom. The van der Waals surface area contributed by atoms with E-state index in [-0.39, 0.29) is 5.56 Å². The predicted octanol–water partition coefficient (Wildman–Crippen LogP) is 2.24. The lowest BCUT2D eigenvalue weighted by atomic mass is 10.0. The number of nitrogens with zero attached hydrogens (tertiary/aromatic N) is 1. The van der Waals surface area contributed by atoms with Gasteiger partial charge in [0.15, 0.2) is 0 Å². The second-order valence-corrected chi connectivity index (χ2v) is 5.90. The summed E-state index contributed by atoms with van der Waals surface area (Å²) in [6, 6.07) is 3.99. The fourth-order valence-electron chi connectivity index (χ4n) is 4.29. The van der Waals surface area contributed by atoms with Gasteiger partial charge in [-0.3, -0.25) is 0 Å². The molecule has 1 aromatic heterocycles. The van der Waals surface area contributed by atoms with Gasteiger partial charge in [0.2, 0.25) is 0 Å². The molecule has 4 unspecified atom stereocenters. The summed E-state index contributed by atoms with van der Waals surface area (Å²) in [4.78, 5) is 14.9. The Bertz CT molecular complexity index is 483. The van der Waals surface area contributed by atoms with Crippen molar-refractivity contribution in [3.05, 3.63) is 23.9 Å². The van der Waals surface area contributed by atoms with Crippen LogP contribution in [-0.2, 0) is 0 Å². The van der Waals surface area contributed by atoms with Gasteiger partial charge in [0, 0.05) is 12.2 Å². The van der Waals surface area contributed by atoms with E-state index in [4.69, 9.17) is 5.11 Å². The number of fused-ring (bicyclic) bond motifs is 5. The van der Waals surface area contributed by atoms with E-state index in [1.165, 1.54) is 25.5 Å². The van der Waals surface area contributed by atoms with Gasteiger partial charge in [-0.15, -0.1) is 0 Å². The van der Waals surface area contributed by atoms with Gasteiger partial charge in [-0.1, -0.05) is 0 Å². The largest absolute Gasteiger partial charge is 0.478 e. The first kappa shape index (κ1) is 10.4. The highest BCUT2D eigenvalue weighted by atomic mass is 16.4. The third-order valence-corrected chi connectivity index (χ3v) is 5.06. The Labute approximate surface area is 105 Å². The summed E-state index contributed by atoms with van der Waals surface area (Å²) in [6.45, 7) is 0. The zero-order valence-corrected chi connectivity index (χ0v) is 10.0. The predicted molar refractivity (Wildman–Crippen MR) is 66.4 cm³/mol. The van der Waals surface area contributed by atoms with Crippen molar-refractivity contribution in [3.63, 3.8) is 0 Å². The summed E-state index contributed by atoms with van der Waals surface area (Å²) < 4.78 is 0. The quantitative estimate of drug-likeness (QED) is 0.856. The van der Waals surface area contributed by atoms with Gasteiger partial charge in [-0.05, 0) is 55.1 Å². The molecule has 1 aromatic rings. The molecule has 4 atom stereocenters. The molecule has 0 saturated heterocycles. The van der Waals surface area contributed by atoms with E-state index in [2.05, 4.69) is 10.3 Å². The first-order valence-corrected chi connectivity index (χ1v) is 6.70. The van der Waals surface area contributed by atoms with E-state index in [0.29, 0.717) is 6.04 Å². The second kappa shape index (κ2) is 3.46. The number of aromatic nitrogens is 1. The van der Waals surface area contributed by atoms with Gasteiger partial charge in [0.1, 0.15) is 5.82 Å². The molecule has 0 amide bonds. The Hall–Kier alpha value is -1.58. The van der Waals surface area contributed by atoms with E-state index in [9.17, 15) is 4.79 Å². The molecule has 0 radical (unpaired) electrons. The van der Waals surface area contributed by atoms with Gasteiger partial charge >= 0.3 is 5.97 Å². The highest BCUT2D eigenvalue weighted by Crippen LogP contribution is 2.66. The zero-order valence-electron chi connectivity index (χ0n) is 10.0. The van der Waals surface area contributed by atoms with Crippen LogP contribution in [0.5, 0.6) is 0 Å². The van der Waals surface area contributed by atoms with Gasteiger partial charge in [0.05, 0.1) is 5.56 Å². The number of rotatable bonds is 3. The molecule has 3 aliphatic rings. The second-order valence-electron chi connectivity index (χ2n) is 5.90. The first-order chi connectivity index (χ1) is 8.74. The van der Waals surface area contributed by atoms with Crippen LogP contribution in [0.25, 0.3) is 0 Å². The molecule has 18 heavy (non-hydrogen) atoms. The molecule has 0 aliphatic heterocycles. The molecule has 2 N–H and O–H groups in total. The van der Waals surface area contributed by atoms with Crippen molar-refractivity contribution in [2.45, 2.75) is 25.3 Å². The van der Waals surface area contributed by atoms with Crippen LogP contribution in [-0.4, -0.2) is 22.1 Å². The molecule has 94 valence electrons. The number of nitrogens with one attached hydrogen (secondary N) is 1. The third-order valence-electron chi connectivity index (χ3n) is 5.06. The van der Waals surface area contributed by atoms with Crippen LogP contribution in [0.2, 0.25) is 0 Å². The number of aromatic carboxylic acids is 1.